The van der Waals surface area contributed by atoms with E-state index < -0.39 is 5.60 Å². The average molecular weight is 266 g/mol. The first-order valence-electron chi connectivity index (χ1n) is 7.44. The van der Waals surface area contributed by atoms with Crippen molar-refractivity contribution in [1.29, 1.82) is 0 Å². The number of β-amino-alcohol motifs (C(OH)–C–C–N with tert-alkyl or cyclic N) is 1. The quantitative estimate of drug-likeness (QED) is 0.757. The van der Waals surface area contributed by atoms with Crippen LogP contribution >= 0.6 is 0 Å². The Hall–Kier alpha value is -0.870. The third kappa shape index (κ3) is 4.32. The molecule has 4 heteroatoms. The van der Waals surface area contributed by atoms with Crippen LogP contribution in [-0.4, -0.2) is 48.2 Å². The van der Waals surface area contributed by atoms with Crippen molar-refractivity contribution in [3.05, 3.63) is 11.6 Å². The summed E-state index contributed by atoms with van der Waals surface area (Å²) in [4.78, 5) is 13.8. The second kappa shape index (κ2) is 6.53. The summed E-state index contributed by atoms with van der Waals surface area (Å²) in [5.41, 5.74) is 0.670. The third-order valence-corrected chi connectivity index (χ3v) is 4.21. The minimum Gasteiger partial charge on any atom is -0.388 e. The normalized spacial score (nSPS) is 28.8. The van der Waals surface area contributed by atoms with Gasteiger partial charge in [-0.2, -0.15) is 0 Å². The second-order valence-corrected chi connectivity index (χ2v) is 6.00. The standard InChI is InChI=1S/C15H26N2O2/c1-16-14(18)10-15(19)8-5-9-17(12-15)11-13-6-3-2-4-7-13/h6,19H,2-5,7-12H2,1H3,(H,16,18). The molecule has 2 rings (SSSR count). The fourth-order valence-electron chi connectivity index (χ4n) is 3.21. The van der Waals surface area contributed by atoms with Crippen LogP contribution in [0, 0.1) is 0 Å². The lowest BCUT2D eigenvalue weighted by atomic mass is 9.88. The molecule has 1 fully saturated rings. The highest BCUT2D eigenvalue weighted by atomic mass is 16.3. The number of hydrogen-bond acceptors (Lipinski definition) is 3. The predicted molar refractivity (Wildman–Crippen MR) is 75.9 cm³/mol. The Morgan fingerprint density at radius 3 is 3.00 bits per heavy atom. The summed E-state index contributed by atoms with van der Waals surface area (Å²) in [5.74, 6) is -0.0683. The lowest BCUT2D eigenvalue weighted by molar-refractivity contribution is -0.128. The van der Waals surface area contributed by atoms with E-state index in [1.54, 1.807) is 7.05 Å². The van der Waals surface area contributed by atoms with Crippen molar-refractivity contribution in [1.82, 2.24) is 10.2 Å². The number of piperidine rings is 1. The zero-order valence-corrected chi connectivity index (χ0v) is 12.0. The van der Waals surface area contributed by atoms with Crippen LogP contribution in [0.1, 0.15) is 44.9 Å². The van der Waals surface area contributed by atoms with E-state index in [-0.39, 0.29) is 12.3 Å². The van der Waals surface area contributed by atoms with Gasteiger partial charge in [-0.15, -0.1) is 0 Å². The molecular weight excluding hydrogens is 240 g/mol. The van der Waals surface area contributed by atoms with Gasteiger partial charge in [-0.1, -0.05) is 11.6 Å². The van der Waals surface area contributed by atoms with Crippen LogP contribution in [-0.2, 0) is 4.79 Å². The van der Waals surface area contributed by atoms with Gasteiger partial charge in [-0.25, -0.2) is 0 Å². The smallest absolute Gasteiger partial charge is 0.222 e. The van der Waals surface area contributed by atoms with E-state index in [1.807, 2.05) is 0 Å². The molecule has 1 heterocycles. The second-order valence-electron chi connectivity index (χ2n) is 6.00. The number of carbonyl (C=O) groups is 1. The highest BCUT2D eigenvalue weighted by Gasteiger charge is 2.35. The molecule has 0 bridgehead atoms. The van der Waals surface area contributed by atoms with Gasteiger partial charge in [0.05, 0.1) is 12.0 Å². The molecule has 1 aliphatic heterocycles. The number of aliphatic hydroxyl groups is 1. The molecule has 1 amide bonds. The van der Waals surface area contributed by atoms with E-state index in [9.17, 15) is 9.90 Å². The molecule has 0 saturated carbocycles. The SMILES string of the molecule is CNC(=O)CC1(O)CCCN(CC2=CCCCC2)C1. The number of likely N-dealkylation sites (tertiary alicyclic amines) is 1. The van der Waals surface area contributed by atoms with Gasteiger partial charge in [-0.3, -0.25) is 9.69 Å². The van der Waals surface area contributed by atoms with Crippen molar-refractivity contribution in [3.8, 4) is 0 Å². The predicted octanol–water partition coefficient (Wildman–Crippen LogP) is 1.45. The molecule has 1 atom stereocenters. The van der Waals surface area contributed by atoms with Gasteiger partial charge in [0.2, 0.25) is 5.91 Å². The van der Waals surface area contributed by atoms with Crippen molar-refractivity contribution in [2.75, 3.05) is 26.7 Å². The van der Waals surface area contributed by atoms with E-state index >= 15 is 0 Å². The molecule has 1 unspecified atom stereocenters. The van der Waals surface area contributed by atoms with Crippen molar-refractivity contribution in [2.24, 2.45) is 0 Å². The third-order valence-electron chi connectivity index (χ3n) is 4.21. The number of carbonyl (C=O) groups excluding carboxylic acids is 1. The summed E-state index contributed by atoms with van der Waals surface area (Å²) in [6.07, 6.45) is 9.29. The van der Waals surface area contributed by atoms with E-state index in [1.165, 1.54) is 31.3 Å². The summed E-state index contributed by atoms with van der Waals surface area (Å²) in [5, 5.41) is 13.2. The minimum atomic E-state index is -0.840. The Morgan fingerprint density at radius 2 is 2.32 bits per heavy atom. The van der Waals surface area contributed by atoms with Crippen LogP contribution in [0.25, 0.3) is 0 Å². The number of hydrogen-bond donors (Lipinski definition) is 2. The first kappa shape index (κ1) is 14.5. The molecule has 108 valence electrons. The van der Waals surface area contributed by atoms with Gasteiger partial charge in [0.1, 0.15) is 0 Å². The van der Waals surface area contributed by atoms with E-state index in [0.29, 0.717) is 6.54 Å². The Kier molecular flexibility index (Phi) is 4.99. The summed E-state index contributed by atoms with van der Waals surface area (Å²) in [6, 6.07) is 0. The molecule has 1 saturated heterocycles. The van der Waals surface area contributed by atoms with Crippen molar-refractivity contribution in [3.63, 3.8) is 0 Å². The van der Waals surface area contributed by atoms with E-state index in [4.69, 9.17) is 0 Å². The van der Waals surface area contributed by atoms with Gasteiger partial charge in [0, 0.05) is 20.1 Å². The number of amides is 1. The molecule has 19 heavy (non-hydrogen) atoms. The van der Waals surface area contributed by atoms with Gasteiger partial charge in [-0.05, 0) is 45.1 Å². The van der Waals surface area contributed by atoms with Gasteiger partial charge in [0.25, 0.3) is 0 Å². The van der Waals surface area contributed by atoms with Gasteiger partial charge >= 0.3 is 0 Å². The van der Waals surface area contributed by atoms with Crippen LogP contribution in [0.5, 0.6) is 0 Å². The lowest BCUT2D eigenvalue weighted by Gasteiger charge is -2.39. The molecule has 2 aliphatic rings. The van der Waals surface area contributed by atoms with Crippen molar-refractivity contribution < 1.29 is 9.90 Å². The zero-order chi connectivity index (χ0) is 13.7. The molecule has 0 radical (unpaired) electrons. The maximum Gasteiger partial charge on any atom is 0.222 e. The first-order chi connectivity index (χ1) is 9.11. The highest BCUT2D eigenvalue weighted by Crippen LogP contribution is 2.26. The summed E-state index contributed by atoms with van der Waals surface area (Å²) >= 11 is 0. The Bertz CT molecular complexity index is 354. The molecule has 0 aromatic heterocycles. The van der Waals surface area contributed by atoms with Crippen molar-refractivity contribution >= 4 is 5.91 Å². The lowest BCUT2D eigenvalue weighted by Crippen LogP contribution is -2.50. The average Bonchev–Trinajstić information content (AvgIpc) is 2.39. The first-order valence-corrected chi connectivity index (χ1v) is 7.44. The molecule has 0 spiro atoms. The molecule has 0 aromatic rings. The fourth-order valence-corrected chi connectivity index (χ4v) is 3.21. The number of rotatable bonds is 4. The Balaban J connectivity index is 1.89. The maximum atomic E-state index is 11.5. The molecule has 4 nitrogen and oxygen atoms in total. The van der Waals surface area contributed by atoms with Crippen LogP contribution in [0.15, 0.2) is 11.6 Å². The summed E-state index contributed by atoms with van der Waals surface area (Å²) in [7, 11) is 1.62. The van der Waals surface area contributed by atoms with Crippen LogP contribution in [0.2, 0.25) is 0 Å². The van der Waals surface area contributed by atoms with E-state index in [2.05, 4.69) is 16.3 Å². The minimum absolute atomic E-state index is 0.0683. The molecule has 1 aliphatic carbocycles. The van der Waals surface area contributed by atoms with Crippen LogP contribution in [0.3, 0.4) is 0 Å². The Morgan fingerprint density at radius 1 is 1.47 bits per heavy atom. The monoisotopic (exact) mass is 266 g/mol. The molecule has 0 aromatic carbocycles. The topological polar surface area (TPSA) is 52.6 Å². The fraction of sp³-hybridized carbons (Fsp3) is 0.800. The highest BCUT2D eigenvalue weighted by molar-refractivity contribution is 5.76. The van der Waals surface area contributed by atoms with Gasteiger partial charge in [0.15, 0.2) is 0 Å². The molecule has 2 N–H and O–H groups in total. The largest absolute Gasteiger partial charge is 0.388 e. The summed E-state index contributed by atoms with van der Waals surface area (Å²) in [6.45, 7) is 2.63. The van der Waals surface area contributed by atoms with E-state index in [0.717, 1.165) is 25.9 Å². The number of nitrogens with one attached hydrogen (secondary N) is 1. The Labute approximate surface area is 115 Å². The number of nitrogens with zero attached hydrogens (tertiary/aromatic N) is 1. The van der Waals surface area contributed by atoms with Crippen molar-refractivity contribution in [2.45, 2.75) is 50.5 Å². The summed E-state index contributed by atoms with van der Waals surface area (Å²) < 4.78 is 0. The van der Waals surface area contributed by atoms with Crippen LogP contribution < -0.4 is 5.32 Å². The van der Waals surface area contributed by atoms with Gasteiger partial charge < -0.3 is 10.4 Å². The zero-order valence-electron chi connectivity index (χ0n) is 12.0. The molecular formula is C15H26N2O2. The maximum absolute atomic E-state index is 11.5. The number of allylic oxidation sites excluding steroid dienone is 1. The van der Waals surface area contributed by atoms with Crippen LogP contribution in [0.4, 0.5) is 0 Å².